The van der Waals surface area contributed by atoms with Crippen LogP contribution in [0.25, 0.3) is 0 Å². The maximum absolute atomic E-state index is 12.2. The highest BCUT2D eigenvalue weighted by atomic mass is 79.9. The van der Waals surface area contributed by atoms with Gasteiger partial charge in [0.1, 0.15) is 0 Å². The molecule has 1 saturated carbocycles. The first-order valence-electron chi connectivity index (χ1n) is 7.02. The topological polar surface area (TPSA) is 58.6 Å². The predicted octanol–water partition coefficient (Wildman–Crippen LogP) is 1.35. The number of halogens is 1. The van der Waals surface area contributed by atoms with Gasteiger partial charge in [0.2, 0.25) is 0 Å². The fourth-order valence-corrected chi connectivity index (χ4v) is 4.94. The summed E-state index contributed by atoms with van der Waals surface area (Å²) >= 11 is 3.54. The molecule has 2 rings (SSSR count). The van der Waals surface area contributed by atoms with Crippen LogP contribution in [0.15, 0.2) is 0 Å². The van der Waals surface area contributed by atoms with E-state index in [0.717, 1.165) is 11.8 Å². The lowest BCUT2D eigenvalue weighted by molar-refractivity contribution is 0.0723. The molecule has 2 unspecified atom stereocenters. The molecule has 19 heavy (non-hydrogen) atoms. The average molecular weight is 355 g/mol. The molecule has 2 atom stereocenters. The minimum Gasteiger partial charge on any atom is -0.379 e. The van der Waals surface area contributed by atoms with Gasteiger partial charge in [-0.05, 0) is 24.7 Å². The molecule has 112 valence electrons. The molecule has 1 heterocycles. The Hall–Kier alpha value is 0.310. The van der Waals surface area contributed by atoms with Crippen LogP contribution in [0, 0.1) is 11.8 Å². The summed E-state index contributed by atoms with van der Waals surface area (Å²) in [6.07, 6.45) is 4.81. The van der Waals surface area contributed by atoms with Crippen molar-refractivity contribution >= 4 is 26.1 Å². The number of nitrogens with one attached hydrogen (secondary N) is 1. The number of alkyl halides is 1. The van der Waals surface area contributed by atoms with E-state index in [2.05, 4.69) is 20.7 Å². The van der Waals surface area contributed by atoms with Crippen molar-refractivity contribution in [2.45, 2.75) is 25.7 Å². The average Bonchev–Trinajstić information content (AvgIpc) is 2.46. The van der Waals surface area contributed by atoms with Gasteiger partial charge in [-0.15, -0.1) is 0 Å². The van der Waals surface area contributed by atoms with E-state index in [-0.39, 0.29) is 0 Å². The van der Waals surface area contributed by atoms with Crippen LogP contribution in [0.2, 0.25) is 0 Å². The monoisotopic (exact) mass is 354 g/mol. The number of ether oxygens (including phenoxy) is 1. The predicted molar refractivity (Wildman–Crippen MR) is 78.6 cm³/mol. The molecule has 2 aliphatic rings. The SMILES string of the molecule is O=S(=O)(NCC1CCCCC1CBr)N1CCOCC1. The van der Waals surface area contributed by atoms with Crippen LogP contribution in [0.1, 0.15) is 25.7 Å². The number of hydrogen-bond acceptors (Lipinski definition) is 3. The van der Waals surface area contributed by atoms with Crippen molar-refractivity contribution in [1.29, 1.82) is 0 Å². The molecule has 0 aromatic carbocycles. The second kappa shape index (κ2) is 7.36. The molecule has 5 nitrogen and oxygen atoms in total. The lowest BCUT2D eigenvalue weighted by Crippen LogP contribution is -2.48. The van der Waals surface area contributed by atoms with Crippen molar-refractivity contribution in [2.75, 3.05) is 38.2 Å². The fourth-order valence-electron chi connectivity index (χ4n) is 2.85. The first-order chi connectivity index (χ1) is 9.13. The quantitative estimate of drug-likeness (QED) is 0.758. The molecule has 0 bridgehead atoms. The van der Waals surface area contributed by atoms with Crippen LogP contribution in [-0.4, -0.2) is 50.9 Å². The molecular weight excluding hydrogens is 332 g/mol. The minimum atomic E-state index is -3.33. The smallest absolute Gasteiger partial charge is 0.279 e. The zero-order chi connectivity index (χ0) is 13.7. The first kappa shape index (κ1) is 15.7. The van der Waals surface area contributed by atoms with Crippen LogP contribution in [0.5, 0.6) is 0 Å². The van der Waals surface area contributed by atoms with Gasteiger partial charge >= 0.3 is 0 Å². The summed E-state index contributed by atoms with van der Waals surface area (Å²) in [5, 5.41) is 0.969. The first-order valence-corrected chi connectivity index (χ1v) is 9.58. The van der Waals surface area contributed by atoms with Crippen molar-refractivity contribution in [3.05, 3.63) is 0 Å². The van der Waals surface area contributed by atoms with Crippen molar-refractivity contribution in [2.24, 2.45) is 11.8 Å². The standard InChI is InChI=1S/C12H23BrN2O3S/c13-9-11-3-1-2-4-12(11)10-14-19(16,17)15-5-7-18-8-6-15/h11-12,14H,1-10H2. The molecule has 0 radical (unpaired) electrons. The highest BCUT2D eigenvalue weighted by Crippen LogP contribution is 2.30. The minimum absolute atomic E-state index is 0.460. The molecule has 0 spiro atoms. The van der Waals surface area contributed by atoms with Crippen molar-refractivity contribution < 1.29 is 13.2 Å². The second-order valence-electron chi connectivity index (χ2n) is 5.32. The van der Waals surface area contributed by atoms with E-state index in [4.69, 9.17) is 4.74 Å². The molecule has 0 amide bonds. The zero-order valence-corrected chi connectivity index (χ0v) is 13.6. The summed E-state index contributed by atoms with van der Waals surface area (Å²) in [5.74, 6) is 1.06. The summed E-state index contributed by atoms with van der Waals surface area (Å²) in [7, 11) is -3.33. The third-order valence-electron chi connectivity index (χ3n) is 4.10. The largest absolute Gasteiger partial charge is 0.379 e. The van der Waals surface area contributed by atoms with Crippen molar-refractivity contribution in [3.63, 3.8) is 0 Å². The summed E-state index contributed by atoms with van der Waals surface area (Å²) in [4.78, 5) is 0. The zero-order valence-electron chi connectivity index (χ0n) is 11.2. The van der Waals surface area contributed by atoms with Gasteiger partial charge in [0, 0.05) is 25.0 Å². The van der Waals surface area contributed by atoms with Crippen molar-refractivity contribution in [3.8, 4) is 0 Å². The highest BCUT2D eigenvalue weighted by Gasteiger charge is 2.28. The molecule has 1 saturated heterocycles. The Morgan fingerprint density at radius 3 is 2.42 bits per heavy atom. The fraction of sp³-hybridized carbons (Fsp3) is 1.00. The molecule has 1 aliphatic carbocycles. The lowest BCUT2D eigenvalue weighted by Gasteiger charge is -2.32. The van der Waals surface area contributed by atoms with E-state index in [1.807, 2.05) is 0 Å². The summed E-state index contributed by atoms with van der Waals surface area (Å²) in [6, 6.07) is 0. The molecular formula is C12H23BrN2O3S. The van der Waals surface area contributed by atoms with Crippen LogP contribution in [-0.2, 0) is 14.9 Å². The number of nitrogens with zero attached hydrogens (tertiary/aromatic N) is 1. The van der Waals surface area contributed by atoms with Gasteiger partial charge in [0.25, 0.3) is 10.2 Å². The van der Waals surface area contributed by atoms with Gasteiger partial charge in [0.15, 0.2) is 0 Å². The Labute approximate surface area is 124 Å². The summed E-state index contributed by atoms with van der Waals surface area (Å²) in [6.45, 7) is 2.47. The molecule has 1 N–H and O–H groups in total. The number of rotatable bonds is 5. The maximum Gasteiger partial charge on any atom is 0.279 e. The Balaban J connectivity index is 1.85. The normalized spacial score (nSPS) is 30.4. The van der Waals surface area contributed by atoms with Gasteiger partial charge in [-0.1, -0.05) is 28.8 Å². The number of hydrogen-bond donors (Lipinski definition) is 1. The third kappa shape index (κ3) is 4.39. The number of morpholine rings is 1. The molecule has 2 fully saturated rings. The van der Waals surface area contributed by atoms with E-state index in [1.165, 1.54) is 23.6 Å². The van der Waals surface area contributed by atoms with Gasteiger partial charge in [-0.2, -0.15) is 12.7 Å². The van der Waals surface area contributed by atoms with E-state index in [9.17, 15) is 8.42 Å². The van der Waals surface area contributed by atoms with Crippen molar-refractivity contribution in [1.82, 2.24) is 9.03 Å². The molecule has 0 aromatic heterocycles. The third-order valence-corrected chi connectivity index (χ3v) is 6.51. The van der Waals surface area contributed by atoms with E-state index in [1.54, 1.807) is 0 Å². The van der Waals surface area contributed by atoms with E-state index >= 15 is 0 Å². The summed E-state index contributed by atoms with van der Waals surface area (Å²) in [5.41, 5.74) is 0. The van der Waals surface area contributed by atoms with E-state index < -0.39 is 10.2 Å². The van der Waals surface area contributed by atoms with Gasteiger partial charge in [0.05, 0.1) is 13.2 Å². The van der Waals surface area contributed by atoms with E-state index in [0.29, 0.717) is 44.7 Å². The van der Waals surface area contributed by atoms with Gasteiger partial charge in [-0.25, -0.2) is 4.72 Å². The highest BCUT2D eigenvalue weighted by molar-refractivity contribution is 9.09. The van der Waals surface area contributed by atoms with Crippen LogP contribution < -0.4 is 4.72 Å². The molecule has 7 heteroatoms. The van der Waals surface area contributed by atoms with Gasteiger partial charge < -0.3 is 4.74 Å². The van der Waals surface area contributed by atoms with Crippen LogP contribution >= 0.6 is 15.9 Å². The van der Waals surface area contributed by atoms with Gasteiger partial charge in [-0.3, -0.25) is 0 Å². The maximum atomic E-state index is 12.2. The summed E-state index contributed by atoms with van der Waals surface area (Å²) < 4.78 is 33.8. The second-order valence-corrected chi connectivity index (χ2v) is 7.73. The Morgan fingerprint density at radius 2 is 1.79 bits per heavy atom. The molecule has 1 aliphatic heterocycles. The Kier molecular flexibility index (Phi) is 6.08. The molecule has 0 aromatic rings. The van der Waals surface area contributed by atoms with Crippen LogP contribution in [0.4, 0.5) is 0 Å². The van der Waals surface area contributed by atoms with Crippen LogP contribution in [0.3, 0.4) is 0 Å². The lowest BCUT2D eigenvalue weighted by atomic mass is 9.80. The Bertz CT molecular complexity index is 371. The Morgan fingerprint density at radius 1 is 1.16 bits per heavy atom.